The SMILES string of the molecule is Cc1cc2c3c(c1)N(c1ccc(C(C)(C)C)cc1)c1c(sc4c1-c1ccc(C)cc1C41c4ccccc4-c4ccccc41)B3c1cc3c(cc1N2c1ccccc1)C1(c2ccccc2-c2ccccc21)c1ccccc1-3. The molecule has 0 amide bonds. The van der Waals surface area contributed by atoms with Crippen molar-refractivity contribution < 1.29 is 0 Å². The van der Waals surface area contributed by atoms with Crippen LogP contribution in [0.2, 0.25) is 0 Å². The molecule has 2 aliphatic heterocycles. The van der Waals surface area contributed by atoms with Gasteiger partial charge in [0.2, 0.25) is 0 Å². The second-order valence-corrected chi connectivity index (χ2v) is 24.3. The first-order valence-corrected chi connectivity index (χ1v) is 27.8. The lowest BCUT2D eigenvalue weighted by molar-refractivity contribution is 0.590. The van der Waals surface area contributed by atoms with Crippen molar-refractivity contribution in [3.8, 4) is 44.5 Å². The van der Waals surface area contributed by atoms with Gasteiger partial charge in [-0.25, -0.2) is 0 Å². The first-order valence-electron chi connectivity index (χ1n) is 27.0. The lowest BCUT2D eigenvalue weighted by Gasteiger charge is -2.44. The Hall–Kier alpha value is -8.44. The molecule has 2 spiro atoms. The molecule has 10 aromatic carbocycles. The first kappa shape index (κ1) is 42.9. The average Bonchev–Trinajstić information content (AvgIpc) is 4.39. The summed E-state index contributed by atoms with van der Waals surface area (Å²) in [7, 11) is 0. The van der Waals surface area contributed by atoms with E-state index in [2.05, 4.69) is 274 Å². The topological polar surface area (TPSA) is 6.48 Å². The van der Waals surface area contributed by atoms with Gasteiger partial charge in [0.1, 0.15) is 0 Å². The van der Waals surface area contributed by atoms with Crippen molar-refractivity contribution >= 4 is 67.9 Å². The molecule has 0 saturated heterocycles. The number of thiophene rings is 1. The fraction of sp³-hybridized carbons (Fsp3) is 0.111. The maximum atomic E-state index is 2.69. The molecule has 0 atom stereocenters. The van der Waals surface area contributed by atoms with E-state index in [1.165, 1.54) is 149 Å². The van der Waals surface area contributed by atoms with Crippen molar-refractivity contribution in [2.24, 2.45) is 0 Å². The molecular weight excluding hydrogens is 936 g/mol. The predicted octanol–water partition coefficient (Wildman–Crippen LogP) is 16.4. The van der Waals surface area contributed by atoms with Gasteiger partial charge in [-0.2, -0.15) is 0 Å². The number of hydrogen-bond donors (Lipinski definition) is 0. The Labute approximate surface area is 449 Å². The van der Waals surface area contributed by atoms with Gasteiger partial charge in [0.05, 0.1) is 16.5 Å². The minimum Gasteiger partial charge on any atom is -0.311 e. The van der Waals surface area contributed by atoms with Crippen LogP contribution in [0.3, 0.4) is 0 Å². The van der Waals surface area contributed by atoms with Crippen molar-refractivity contribution in [2.75, 3.05) is 9.80 Å². The Morgan fingerprint density at radius 3 is 1.45 bits per heavy atom. The van der Waals surface area contributed by atoms with Gasteiger partial charge < -0.3 is 9.80 Å². The zero-order valence-corrected chi connectivity index (χ0v) is 44.0. The molecule has 6 aliphatic rings. The van der Waals surface area contributed by atoms with Crippen molar-refractivity contribution in [1.29, 1.82) is 0 Å². The molecular formula is C72H51BN2S. The predicted molar refractivity (Wildman–Crippen MR) is 319 cm³/mol. The van der Waals surface area contributed by atoms with E-state index >= 15 is 0 Å². The minimum atomic E-state index is -0.487. The van der Waals surface area contributed by atoms with Gasteiger partial charge in [-0.3, -0.25) is 0 Å². The van der Waals surface area contributed by atoms with Crippen molar-refractivity contribution in [3.05, 3.63) is 279 Å². The maximum Gasteiger partial charge on any atom is 0.264 e. The number of aryl methyl sites for hydroxylation is 2. The molecule has 4 aliphatic carbocycles. The van der Waals surface area contributed by atoms with Crippen LogP contribution in [0.25, 0.3) is 44.5 Å². The zero-order valence-electron chi connectivity index (χ0n) is 43.2. The number of benzene rings is 10. The molecule has 0 bridgehead atoms. The Balaban J connectivity index is 1.03. The number of fused-ring (bicyclic) bond motifs is 25. The third-order valence-corrected chi connectivity index (χ3v) is 19.7. The normalized spacial score (nSPS) is 15.3. The van der Waals surface area contributed by atoms with Crippen LogP contribution in [0.5, 0.6) is 0 Å². The summed E-state index contributed by atoms with van der Waals surface area (Å²) in [4.78, 5) is 6.74. The van der Waals surface area contributed by atoms with Gasteiger partial charge in [-0.15, -0.1) is 11.3 Å². The number of anilines is 6. The summed E-state index contributed by atoms with van der Waals surface area (Å²) >= 11 is 2.08. The largest absolute Gasteiger partial charge is 0.311 e. The van der Waals surface area contributed by atoms with E-state index in [-0.39, 0.29) is 12.1 Å². The summed E-state index contributed by atoms with van der Waals surface area (Å²) in [6.07, 6.45) is 0. The van der Waals surface area contributed by atoms with E-state index in [0.29, 0.717) is 0 Å². The smallest absolute Gasteiger partial charge is 0.264 e. The quantitative estimate of drug-likeness (QED) is 0.159. The fourth-order valence-electron chi connectivity index (χ4n) is 15.4. The Bertz CT molecular complexity index is 4290. The average molecular weight is 987 g/mol. The van der Waals surface area contributed by atoms with Gasteiger partial charge in [0.15, 0.2) is 0 Å². The van der Waals surface area contributed by atoms with E-state index in [9.17, 15) is 0 Å². The molecule has 0 saturated carbocycles. The standard InChI is InChI=1S/C72H51BN2S/c1-42-31-36-52-59(37-42)72(57-29-17-11-23-49(57)50-24-12-18-30-58(50)72)68-65(52)67-69(76-68)73-61-40-53-51-25-13-16-28-56(51)71(54-26-14-9-21-47(54)48-22-10-15-27-55(48)71)60(53)41-62(61)74(45-19-7-6-8-20-45)63-38-43(2)39-64(66(63)73)75(67)46-34-32-44(33-35-46)70(3,4)5/h6-41H,1-5H3. The molecule has 0 unspecified atom stereocenters. The molecule has 358 valence electrons. The van der Waals surface area contributed by atoms with Crippen molar-refractivity contribution in [2.45, 2.75) is 50.9 Å². The van der Waals surface area contributed by atoms with Crippen molar-refractivity contribution in [1.82, 2.24) is 0 Å². The van der Waals surface area contributed by atoms with Gasteiger partial charge in [-0.1, -0.05) is 202 Å². The van der Waals surface area contributed by atoms with Crippen LogP contribution in [0.1, 0.15) is 81.3 Å². The highest BCUT2D eigenvalue weighted by Gasteiger charge is 2.58. The lowest BCUT2D eigenvalue weighted by Crippen LogP contribution is -2.60. The van der Waals surface area contributed by atoms with E-state index in [0.717, 1.165) is 5.69 Å². The minimum absolute atomic E-state index is 0.00918. The highest BCUT2D eigenvalue weighted by Crippen LogP contribution is 2.68. The Morgan fingerprint density at radius 2 is 0.882 bits per heavy atom. The maximum absolute atomic E-state index is 2.69. The van der Waals surface area contributed by atoms with E-state index < -0.39 is 10.8 Å². The Morgan fingerprint density at radius 1 is 0.395 bits per heavy atom. The number of hydrogen-bond acceptors (Lipinski definition) is 3. The lowest BCUT2D eigenvalue weighted by atomic mass is 9.36. The molecule has 76 heavy (non-hydrogen) atoms. The fourth-order valence-corrected chi connectivity index (χ4v) is 17.0. The van der Waals surface area contributed by atoms with Crippen LogP contribution in [0.15, 0.2) is 218 Å². The number of rotatable bonds is 2. The van der Waals surface area contributed by atoms with E-state index in [1.807, 2.05) is 0 Å². The zero-order chi connectivity index (χ0) is 50.6. The van der Waals surface area contributed by atoms with Crippen LogP contribution in [-0.2, 0) is 16.2 Å². The molecule has 0 N–H and O–H groups in total. The summed E-state index contributed by atoms with van der Waals surface area (Å²) in [5.41, 5.74) is 33.3. The van der Waals surface area contributed by atoms with Gasteiger partial charge in [0.25, 0.3) is 6.71 Å². The second kappa shape index (κ2) is 14.7. The molecule has 2 nitrogen and oxygen atoms in total. The molecule has 0 radical (unpaired) electrons. The summed E-state index contributed by atoms with van der Waals surface area (Å²) in [6, 6.07) is 84.6. The monoisotopic (exact) mass is 986 g/mol. The Kier molecular flexibility index (Phi) is 8.29. The third-order valence-electron chi connectivity index (χ3n) is 18.3. The molecule has 1 aromatic heterocycles. The summed E-state index contributed by atoms with van der Waals surface area (Å²) in [5.74, 6) is 0. The van der Waals surface area contributed by atoms with Crippen LogP contribution in [0, 0.1) is 13.8 Å². The molecule has 11 aromatic rings. The summed E-state index contributed by atoms with van der Waals surface area (Å²) in [6.45, 7) is 11.5. The third kappa shape index (κ3) is 5.10. The van der Waals surface area contributed by atoms with E-state index in [4.69, 9.17) is 0 Å². The highest BCUT2D eigenvalue weighted by molar-refractivity contribution is 7.30. The number of para-hydroxylation sites is 1. The van der Waals surface area contributed by atoms with Crippen LogP contribution in [0.4, 0.5) is 34.1 Å². The van der Waals surface area contributed by atoms with Crippen molar-refractivity contribution in [3.63, 3.8) is 0 Å². The summed E-state index contributed by atoms with van der Waals surface area (Å²) < 4.78 is 1.40. The van der Waals surface area contributed by atoms with Gasteiger partial charge >= 0.3 is 0 Å². The van der Waals surface area contributed by atoms with E-state index in [1.54, 1.807) is 0 Å². The number of nitrogens with zero attached hydrogens (tertiary/aromatic N) is 2. The summed E-state index contributed by atoms with van der Waals surface area (Å²) in [5, 5.41) is 0. The molecule has 0 fully saturated rings. The molecule has 3 heterocycles. The van der Waals surface area contributed by atoms with Crippen LogP contribution >= 0.6 is 11.3 Å². The first-order chi connectivity index (χ1) is 37.2. The highest BCUT2D eigenvalue weighted by atomic mass is 32.1. The van der Waals surface area contributed by atoms with Gasteiger partial charge in [-0.05, 0) is 162 Å². The van der Waals surface area contributed by atoms with Gasteiger partial charge in [0, 0.05) is 43.7 Å². The van der Waals surface area contributed by atoms with Crippen LogP contribution in [-0.4, -0.2) is 6.71 Å². The molecule has 4 heteroatoms. The second-order valence-electron chi connectivity index (χ2n) is 23.2. The molecule has 17 rings (SSSR count). The van der Waals surface area contributed by atoms with Crippen LogP contribution < -0.4 is 25.5 Å².